The fraction of sp³-hybridized carbons (Fsp3) is 0.233. The molecule has 0 bridgehead atoms. The van der Waals surface area contributed by atoms with E-state index in [-0.39, 0.29) is 0 Å². The van der Waals surface area contributed by atoms with E-state index in [4.69, 9.17) is 9.98 Å². The summed E-state index contributed by atoms with van der Waals surface area (Å²) in [4.78, 5) is 19.5. The molecule has 5 nitrogen and oxygen atoms in total. The van der Waals surface area contributed by atoms with Crippen molar-refractivity contribution in [2.75, 3.05) is 38.1 Å². The average Bonchev–Trinajstić information content (AvgIpc) is 3.52. The molecule has 0 saturated carbocycles. The van der Waals surface area contributed by atoms with Crippen molar-refractivity contribution in [3.05, 3.63) is 95.3 Å². The summed E-state index contributed by atoms with van der Waals surface area (Å²) in [7, 11) is 2.20. The van der Waals surface area contributed by atoms with Crippen molar-refractivity contribution >= 4 is 39.3 Å². The van der Waals surface area contributed by atoms with E-state index in [1.54, 1.807) is 0 Å². The van der Waals surface area contributed by atoms with Gasteiger partial charge in [0.1, 0.15) is 0 Å². The Labute approximate surface area is 205 Å². The number of anilines is 1. The van der Waals surface area contributed by atoms with Gasteiger partial charge in [-0.05, 0) is 65.5 Å². The first-order chi connectivity index (χ1) is 17.2. The third kappa shape index (κ3) is 3.63. The minimum absolute atomic E-state index is 0.804. The largest absolute Gasteiger partial charge is 0.369 e. The second-order valence-corrected chi connectivity index (χ2v) is 9.80. The highest BCUT2D eigenvalue weighted by Gasteiger charge is 2.23. The van der Waals surface area contributed by atoms with Gasteiger partial charge in [-0.15, -0.1) is 0 Å². The van der Waals surface area contributed by atoms with E-state index in [2.05, 4.69) is 88.6 Å². The number of benzene rings is 3. The van der Waals surface area contributed by atoms with Crippen LogP contribution in [0, 0.1) is 0 Å². The molecule has 1 aromatic heterocycles. The van der Waals surface area contributed by atoms with E-state index in [0.717, 1.165) is 72.9 Å². The van der Waals surface area contributed by atoms with E-state index in [9.17, 15) is 0 Å². The molecule has 172 valence electrons. The van der Waals surface area contributed by atoms with Crippen LogP contribution in [0.2, 0.25) is 0 Å². The molecular formula is C30H27N5. The van der Waals surface area contributed by atoms with Crippen molar-refractivity contribution in [3.63, 3.8) is 0 Å². The highest BCUT2D eigenvalue weighted by molar-refractivity contribution is 6.13. The second kappa shape index (κ2) is 8.14. The Bertz CT molecular complexity index is 1520. The van der Waals surface area contributed by atoms with Crippen LogP contribution in [0.1, 0.15) is 22.4 Å². The van der Waals surface area contributed by atoms with Crippen LogP contribution in [0.4, 0.5) is 17.1 Å². The number of likely N-dealkylation sites (N-methyl/N-ethyl adjacent to an activating group) is 1. The molecule has 4 heterocycles. The number of piperazine rings is 1. The summed E-state index contributed by atoms with van der Waals surface area (Å²) >= 11 is 0. The number of aromatic nitrogens is 1. The minimum Gasteiger partial charge on any atom is -0.369 e. The Balaban J connectivity index is 1.12. The van der Waals surface area contributed by atoms with Gasteiger partial charge in [0.05, 0.1) is 28.5 Å². The van der Waals surface area contributed by atoms with Gasteiger partial charge >= 0.3 is 0 Å². The molecule has 1 fully saturated rings. The first kappa shape index (κ1) is 20.5. The number of hydrogen-bond donors (Lipinski definition) is 0. The van der Waals surface area contributed by atoms with E-state index < -0.39 is 0 Å². The van der Waals surface area contributed by atoms with Crippen LogP contribution in [-0.4, -0.2) is 54.5 Å². The molecule has 0 unspecified atom stereocenters. The molecule has 3 aliphatic rings. The van der Waals surface area contributed by atoms with E-state index in [0.29, 0.717) is 0 Å². The summed E-state index contributed by atoms with van der Waals surface area (Å²) in [6.07, 6.45) is 3.57. The van der Waals surface area contributed by atoms with E-state index in [1.807, 2.05) is 6.20 Å². The van der Waals surface area contributed by atoms with Crippen LogP contribution in [0.25, 0.3) is 10.8 Å². The zero-order valence-corrected chi connectivity index (χ0v) is 19.9. The predicted octanol–water partition coefficient (Wildman–Crippen LogP) is 5.34. The highest BCUT2D eigenvalue weighted by atomic mass is 15.2. The zero-order valence-electron chi connectivity index (χ0n) is 19.9. The van der Waals surface area contributed by atoms with Crippen LogP contribution in [0.5, 0.6) is 0 Å². The number of hydrogen-bond acceptors (Lipinski definition) is 5. The SMILES string of the molecule is CN1CCN(c2ccc3c(c2)CC(c2ccc4c(c2)CC(c2nccc5ccccc25)=N4)=N3)CC1. The van der Waals surface area contributed by atoms with Gasteiger partial charge in [0.15, 0.2) is 0 Å². The van der Waals surface area contributed by atoms with Crippen LogP contribution < -0.4 is 4.90 Å². The molecule has 3 aliphatic heterocycles. The Morgan fingerprint density at radius 2 is 1.46 bits per heavy atom. The fourth-order valence-electron chi connectivity index (χ4n) is 5.48. The normalized spacial score (nSPS) is 17.3. The Morgan fingerprint density at radius 1 is 0.714 bits per heavy atom. The fourth-order valence-corrected chi connectivity index (χ4v) is 5.48. The van der Waals surface area contributed by atoms with Crippen molar-refractivity contribution in [3.8, 4) is 0 Å². The van der Waals surface area contributed by atoms with Crippen LogP contribution >= 0.6 is 0 Å². The molecule has 0 N–H and O–H groups in total. The van der Waals surface area contributed by atoms with Crippen LogP contribution in [-0.2, 0) is 12.8 Å². The Hall–Kier alpha value is -3.83. The summed E-state index contributed by atoms with van der Waals surface area (Å²) in [5.74, 6) is 0. The van der Waals surface area contributed by atoms with Gasteiger partial charge in [0, 0.05) is 56.3 Å². The lowest BCUT2D eigenvalue weighted by molar-refractivity contribution is 0.313. The quantitative estimate of drug-likeness (QED) is 0.417. The summed E-state index contributed by atoms with van der Waals surface area (Å²) in [5.41, 5.74) is 10.4. The smallest absolute Gasteiger partial charge is 0.0926 e. The van der Waals surface area contributed by atoms with Gasteiger partial charge in [-0.3, -0.25) is 15.0 Å². The molecule has 0 radical (unpaired) electrons. The number of nitrogens with zero attached hydrogens (tertiary/aromatic N) is 5. The van der Waals surface area contributed by atoms with Gasteiger partial charge in [-0.25, -0.2) is 0 Å². The zero-order chi connectivity index (χ0) is 23.4. The maximum Gasteiger partial charge on any atom is 0.0926 e. The third-order valence-electron chi connectivity index (χ3n) is 7.52. The molecule has 35 heavy (non-hydrogen) atoms. The molecule has 0 amide bonds. The van der Waals surface area contributed by atoms with Crippen LogP contribution in [0.3, 0.4) is 0 Å². The highest BCUT2D eigenvalue weighted by Crippen LogP contribution is 2.35. The van der Waals surface area contributed by atoms with E-state index >= 15 is 0 Å². The predicted molar refractivity (Wildman–Crippen MR) is 144 cm³/mol. The molecule has 7 rings (SSSR count). The number of aliphatic imine (C=N–C) groups is 2. The van der Waals surface area contributed by atoms with Crippen LogP contribution in [0.15, 0.2) is 82.9 Å². The van der Waals surface area contributed by atoms with Crippen molar-refractivity contribution in [1.29, 1.82) is 0 Å². The van der Waals surface area contributed by atoms with Crippen molar-refractivity contribution in [1.82, 2.24) is 9.88 Å². The molecule has 0 aliphatic carbocycles. The second-order valence-electron chi connectivity index (χ2n) is 9.80. The summed E-state index contributed by atoms with van der Waals surface area (Å²) in [6, 6.07) is 23.8. The monoisotopic (exact) mass is 457 g/mol. The topological polar surface area (TPSA) is 44.1 Å². The molecule has 0 spiro atoms. The lowest BCUT2D eigenvalue weighted by Crippen LogP contribution is -2.44. The van der Waals surface area contributed by atoms with Gasteiger partial charge in [0.25, 0.3) is 0 Å². The maximum atomic E-state index is 5.00. The van der Waals surface area contributed by atoms with Gasteiger partial charge in [-0.2, -0.15) is 0 Å². The summed E-state index contributed by atoms with van der Waals surface area (Å²) in [6.45, 7) is 4.40. The van der Waals surface area contributed by atoms with Crippen molar-refractivity contribution in [2.24, 2.45) is 9.98 Å². The Kier molecular flexibility index (Phi) is 4.77. The molecule has 3 aromatic carbocycles. The summed E-state index contributed by atoms with van der Waals surface area (Å²) < 4.78 is 0. The average molecular weight is 458 g/mol. The molecule has 0 atom stereocenters. The molecule has 5 heteroatoms. The van der Waals surface area contributed by atoms with Crippen molar-refractivity contribution < 1.29 is 0 Å². The number of pyridine rings is 1. The first-order valence-electron chi connectivity index (χ1n) is 12.4. The standard InChI is InChI=1S/C30H27N5/c1-34-12-14-35(15-13-34)24-7-9-27-23(17-24)18-28(32-27)21-6-8-26-22(16-21)19-29(33-26)30-25-5-3-2-4-20(25)10-11-31-30/h2-11,16-17H,12-15,18-19H2,1H3. The molecular weight excluding hydrogens is 430 g/mol. The lowest BCUT2D eigenvalue weighted by Gasteiger charge is -2.34. The molecule has 1 saturated heterocycles. The van der Waals surface area contributed by atoms with Gasteiger partial charge in [0.2, 0.25) is 0 Å². The minimum atomic E-state index is 0.804. The number of fused-ring (bicyclic) bond motifs is 3. The van der Waals surface area contributed by atoms with Gasteiger partial charge in [-0.1, -0.05) is 30.3 Å². The van der Waals surface area contributed by atoms with Gasteiger partial charge < -0.3 is 9.80 Å². The number of rotatable bonds is 3. The van der Waals surface area contributed by atoms with E-state index in [1.165, 1.54) is 27.8 Å². The third-order valence-corrected chi connectivity index (χ3v) is 7.52. The summed E-state index contributed by atoms with van der Waals surface area (Å²) in [5, 5.41) is 2.36. The first-order valence-corrected chi connectivity index (χ1v) is 12.4. The molecule has 4 aromatic rings. The van der Waals surface area contributed by atoms with Crippen molar-refractivity contribution in [2.45, 2.75) is 12.8 Å². The Morgan fingerprint density at radius 3 is 2.34 bits per heavy atom. The lowest BCUT2D eigenvalue weighted by atomic mass is 9.99. The maximum absolute atomic E-state index is 5.00.